The molecule has 0 aliphatic rings. The Balaban J connectivity index is 1.86. The van der Waals surface area contributed by atoms with Crippen LogP contribution in [0.4, 0.5) is 0 Å². The van der Waals surface area contributed by atoms with E-state index >= 15 is 0 Å². The van der Waals surface area contributed by atoms with Gasteiger partial charge >= 0.3 is 5.97 Å². The van der Waals surface area contributed by atoms with Crippen molar-refractivity contribution in [1.82, 2.24) is 0 Å². The van der Waals surface area contributed by atoms with Crippen LogP contribution in [0.15, 0.2) is 17.5 Å². The van der Waals surface area contributed by atoms with E-state index in [4.69, 9.17) is 4.74 Å². The normalized spacial score (nSPS) is 10.4. The van der Waals surface area contributed by atoms with Crippen LogP contribution in [0.3, 0.4) is 0 Å². The van der Waals surface area contributed by atoms with Gasteiger partial charge in [-0.1, -0.05) is 25.3 Å². The number of esters is 1. The Labute approximate surface area is 108 Å². The average molecular weight is 254 g/mol. The molecule has 1 aromatic rings. The molecule has 3 heteroatoms. The minimum Gasteiger partial charge on any atom is -0.466 e. The van der Waals surface area contributed by atoms with E-state index in [0.717, 1.165) is 12.8 Å². The molecule has 0 unspecified atom stereocenters. The Morgan fingerprint density at radius 3 is 2.71 bits per heavy atom. The summed E-state index contributed by atoms with van der Waals surface area (Å²) in [6.45, 7) is 2.35. The number of unbranched alkanes of at least 4 members (excludes halogenated alkanes) is 4. The summed E-state index contributed by atoms with van der Waals surface area (Å²) in [5.41, 5.74) is 0. The van der Waals surface area contributed by atoms with Gasteiger partial charge in [-0.2, -0.15) is 0 Å². The smallest absolute Gasteiger partial charge is 0.305 e. The fourth-order valence-electron chi connectivity index (χ4n) is 1.79. The minimum atomic E-state index is -0.0499. The summed E-state index contributed by atoms with van der Waals surface area (Å²) >= 11 is 1.84. The maximum atomic E-state index is 11.1. The van der Waals surface area contributed by atoms with Gasteiger partial charge in [-0.25, -0.2) is 0 Å². The number of aryl methyl sites for hydroxylation is 1. The quantitative estimate of drug-likeness (QED) is 0.488. The highest BCUT2D eigenvalue weighted by Gasteiger charge is 2.00. The third-order valence-electron chi connectivity index (χ3n) is 2.69. The van der Waals surface area contributed by atoms with Gasteiger partial charge in [0.15, 0.2) is 0 Å². The predicted octanol–water partition coefficient (Wildman–Crippen LogP) is 4.19. The monoisotopic (exact) mass is 254 g/mol. The number of hydrogen-bond donors (Lipinski definition) is 0. The lowest BCUT2D eigenvalue weighted by Crippen LogP contribution is -2.03. The SMILES string of the molecule is CCOC(=O)CCCCCCCc1cccs1. The third kappa shape index (κ3) is 7.16. The molecular weight excluding hydrogens is 232 g/mol. The van der Waals surface area contributed by atoms with Crippen molar-refractivity contribution in [3.8, 4) is 0 Å². The van der Waals surface area contributed by atoms with E-state index in [1.54, 1.807) is 0 Å². The van der Waals surface area contributed by atoms with Gasteiger partial charge in [0.2, 0.25) is 0 Å². The molecule has 0 amide bonds. The van der Waals surface area contributed by atoms with Gasteiger partial charge < -0.3 is 4.74 Å². The first-order chi connectivity index (χ1) is 8.33. The first-order valence-electron chi connectivity index (χ1n) is 6.51. The summed E-state index contributed by atoms with van der Waals surface area (Å²) in [7, 11) is 0. The maximum Gasteiger partial charge on any atom is 0.305 e. The molecule has 0 spiro atoms. The van der Waals surface area contributed by atoms with Gasteiger partial charge in [-0.3, -0.25) is 4.79 Å². The van der Waals surface area contributed by atoms with E-state index in [2.05, 4.69) is 17.5 Å². The van der Waals surface area contributed by atoms with Gasteiger partial charge in [0.25, 0.3) is 0 Å². The third-order valence-corrected chi connectivity index (χ3v) is 3.63. The molecule has 0 bridgehead atoms. The molecular formula is C14H22O2S. The molecule has 17 heavy (non-hydrogen) atoms. The van der Waals surface area contributed by atoms with Gasteiger partial charge in [-0.15, -0.1) is 11.3 Å². The van der Waals surface area contributed by atoms with Crippen molar-refractivity contribution in [3.05, 3.63) is 22.4 Å². The molecule has 2 nitrogen and oxygen atoms in total. The van der Waals surface area contributed by atoms with Crippen molar-refractivity contribution in [3.63, 3.8) is 0 Å². The Bertz CT molecular complexity index is 293. The first kappa shape index (κ1) is 14.2. The Kier molecular flexibility index (Phi) is 7.72. The molecule has 1 rings (SSSR count). The Morgan fingerprint density at radius 1 is 1.24 bits per heavy atom. The van der Waals surface area contributed by atoms with Crippen LogP contribution in [0, 0.1) is 0 Å². The maximum absolute atomic E-state index is 11.1. The van der Waals surface area contributed by atoms with Crippen molar-refractivity contribution in [2.45, 2.75) is 51.9 Å². The van der Waals surface area contributed by atoms with Crippen molar-refractivity contribution in [2.75, 3.05) is 6.61 Å². The lowest BCUT2D eigenvalue weighted by molar-refractivity contribution is -0.143. The summed E-state index contributed by atoms with van der Waals surface area (Å²) < 4.78 is 4.88. The number of ether oxygens (including phenoxy) is 1. The molecule has 96 valence electrons. The van der Waals surface area contributed by atoms with Crippen LogP contribution in [-0.4, -0.2) is 12.6 Å². The number of carbonyl (C=O) groups excluding carboxylic acids is 1. The van der Waals surface area contributed by atoms with Crippen LogP contribution < -0.4 is 0 Å². The Morgan fingerprint density at radius 2 is 2.00 bits per heavy atom. The van der Waals surface area contributed by atoms with Crippen LogP contribution in [0.25, 0.3) is 0 Å². The second-order valence-corrected chi connectivity index (χ2v) is 5.18. The molecule has 0 atom stereocenters. The fourth-order valence-corrected chi connectivity index (χ4v) is 2.54. The van der Waals surface area contributed by atoms with Gasteiger partial charge in [0, 0.05) is 11.3 Å². The molecule has 0 aliphatic heterocycles. The molecule has 1 aromatic heterocycles. The fraction of sp³-hybridized carbons (Fsp3) is 0.643. The molecule has 0 radical (unpaired) electrons. The summed E-state index contributed by atoms with van der Waals surface area (Å²) in [5.74, 6) is -0.0499. The first-order valence-corrected chi connectivity index (χ1v) is 7.39. The highest BCUT2D eigenvalue weighted by Crippen LogP contribution is 2.14. The number of rotatable bonds is 9. The summed E-state index contributed by atoms with van der Waals surface area (Å²) in [6, 6.07) is 4.31. The van der Waals surface area contributed by atoms with E-state index in [-0.39, 0.29) is 5.97 Å². The highest BCUT2D eigenvalue weighted by atomic mass is 32.1. The van der Waals surface area contributed by atoms with Crippen LogP contribution in [0.2, 0.25) is 0 Å². The van der Waals surface area contributed by atoms with Gasteiger partial charge in [0.05, 0.1) is 6.61 Å². The molecule has 0 aromatic carbocycles. The van der Waals surface area contributed by atoms with Gasteiger partial charge in [0.1, 0.15) is 0 Å². The van der Waals surface area contributed by atoms with Gasteiger partial charge in [-0.05, 0) is 37.6 Å². The summed E-state index contributed by atoms with van der Waals surface area (Å²) in [4.78, 5) is 12.5. The zero-order valence-electron chi connectivity index (χ0n) is 10.6. The minimum absolute atomic E-state index is 0.0499. The molecule has 0 N–H and O–H groups in total. The molecule has 0 aliphatic carbocycles. The predicted molar refractivity (Wildman–Crippen MR) is 72.4 cm³/mol. The van der Waals surface area contributed by atoms with E-state index in [9.17, 15) is 4.79 Å². The topological polar surface area (TPSA) is 26.3 Å². The number of thiophene rings is 1. The molecule has 1 heterocycles. The van der Waals surface area contributed by atoms with Crippen molar-refractivity contribution in [1.29, 1.82) is 0 Å². The van der Waals surface area contributed by atoms with Crippen LogP contribution in [-0.2, 0) is 16.0 Å². The number of carbonyl (C=O) groups is 1. The standard InChI is InChI=1S/C14H22O2S/c1-2-16-14(15)11-7-5-3-4-6-9-13-10-8-12-17-13/h8,10,12H,2-7,9,11H2,1H3. The summed E-state index contributed by atoms with van der Waals surface area (Å²) in [6.07, 6.45) is 7.65. The lowest BCUT2D eigenvalue weighted by Gasteiger charge is -2.02. The van der Waals surface area contributed by atoms with Crippen molar-refractivity contribution < 1.29 is 9.53 Å². The molecule has 0 saturated carbocycles. The number of hydrogen-bond acceptors (Lipinski definition) is 3. The van der Waals surface area contributed by atoms with E-state index in [0.29, 0.717) is 13.0 Å². The Hall–Kier alpha value is -0.830. The largest absolute Gasteiger partial charge is 0.466 e. The molecule has 0 saturated heterocycles. The second kappa shape index (κ2) is 9.23. The van der Waals surface area contributed by atoms with E-state index in [1.165, 1.54) is 30.6 Å². The summed E-state index contributed by atoms with van der Waals surface area (Å²) in [5, 5.41) is 2.13. The van der Waals surface area contributed by atoms with Crippen LogP contribution >= 0.6 is 11.3 Å². The van der Waals surface area contributed by atoms with Crippen molar-refractivity contribution >= 4 is 17.3 Å². The average Bonchev–Trinajstić information content (AvgIpc) is 2.81. The van der Waals surface area contributed by atoms with Crippen molar-refractivity contribution in [2.24, 2.45) is 0 Å². The lowest BCUT2D eigenvalue weighted by atomic mass is 10.1. The van der Waals surface area contributed by atoms with Crippen LogP contribution in [0.5, 0.6) is 0 Å². The second-order valence-electron chi connectivity index (χ2n) is 4.15. The van der Waals surface area contributed by atoms with Crippen LogP contribution in [0.1, 0.15) is 50.3 Å². The zero-order chi connectivity index (χ0) is 12.3. The van der Waals surface area contributed by atoms with E-state index < -0.39 is 0 Å². The highest BCUT2D eigenvalue weighted by molar-refractivity contribution is 7.09. The zero-order valence-corrected chi connectivity index (χ0v) is 11.4. The molecule has 0 fully saturated rings. The van der Waals surface area contributed by atoms with E-state index in [1.807, 2.05) is 18.3 Å².